The molecule has 0 aliphatic heterocycles. The van der Waals surface area contributed by atoms with Crippen molar-refractivity contribution >= 4 is 85.0 Å². The number of anilines is 1. The highest BCUT2D eigenvalue weighted by atomic mass is 16.6. The molecule has 0 fully saturated rings. The van der Waals surface area contributed by atoms with Crippen LogP contribution < -0.4 is 10.6 Å². The molecule has 8 rings (SSSR count). The summed E-state index contributed by atoms with van der Waals surface area (Å²) < 4.78 is 19.7. The van der Waals surface area contributed by atoms with Crippen molar-refractivity contribution in [2.45, 2.75) is 41.0 Å². The van der Waals surface area contributed by atoms with E-state index in [1.54, 1.807) is 52.1 Å². The monoisotopic (exact) mass is 988 g/mol. The van der Waals surface area contributed by atoms with Crippen LogP contribution in [0.1, 0.15) is 59.8 Å². The zero-order chi connectivity index (χ0) is 53.0. The van der Waals surface area contributed by atoms with Gasteiger partial charge >= 0.3 is 23.9 Å². The molecule has 0 atom stereocenters. The zero-order valence-electron chi connectivity index (χ0n) is 41.6. The largest absolute Gasteiger partial charge is 0.459 e. The van der Waals surface area contributed by atoms with Gasteiger partial charge in [-0.05, 0) is 113 Å². The zero-order valence-corrected chi connectivity index (χ0v) is 41.6. The topological polar surface area (TPSA) is 227 Å². The number of H-pyrrole nitrogens is 4. The Bertz CT molecular complexity index is 3230. The van der Waals surface area contributed by atoms with Crippen LogP contribution in [0.4, 0.5) is 5.69 Å². The van der Waals surface area contributed by atoms with Crippen molar-refractivity contribution in [2.75, 3.05) is 38.3 Å². The van der Waals surface area contributed by atoms with Crippen LogP contribution in [0.25, 0.3) is 43.6 Å². The Hall–Kier alpha value is -9.18. The summed E-state index contributed by atoms with van der Waals surface area (Å²) >= 11 is 0. The van der Waals surface area contributed by atoms with Crippen LogP contribution in [0.5, 0.6) is 0 Å². The molecule has 8 aromatic rings. The Labute approximate surface area is 422 Å². The van der Waals surface area contributed by atoms with E-state index in [1.165, 1.54) is 10.9 Å². The average molecular weight is 989 g/mol. The maximum atomic E-state index is 11.8. The van der Waals surface area contributed by atoms with Crippen LogP contribution >= 0.6 is 0 Å². The number of aromatic amines is 4. The van der Waals surface area contributed by atoms with Crippen molar-refractivity contribution in [1.82, 2.24) is 25.3 Å². The molecular weight excluding hydrogens is 929 g/mol. The van der Waals surface area contributed by atoms with E-state index in [1.807, 2.05) is 92.0 Å². The highest BCUT2D eigenvalue weighted by molar-refractivity contribution is 6.04. The molecule has 4 aromatic heterocycles. The molecule has 4 aromatic carbocycles. The van der Waals surface area contributed by atoms with Crippen molar-refractivity contribution < 1.29 is 47.7 Å². The molecule has 0 unspecified atom stereocenters. The first-order valence-corrected chi connectivity index (χ1v) is 23.1. The number of aryl methyl sites for hydroxylation is 1. The predicted molar refractivity (Wildman–Crippen MR) is 285 cm³/mol. The van der Waals surface area contributed by atoms with Crippen LogP contribution in [0, 0.1) is 6.92 Å². The second-order valence-electron chi connectivity index (χ2n) is 16.8. The molecule has 6 N–H and O–H groups in total. The summed E-state index contributed by atoms with van der Waals surface area (Å²) in [5, 5.41) is 9.81. The molecule has 0 bridgehead atoms. The van der Waals surface area contributed by atoms with Crippen LogP contribution in [-0.2, 0) is 44.5 Å². The SMILES string of the molecule is C=C(C)C(=O)NCCc1c[nH]c2ccccc12.C=C(C)C(=O)Nc1ccc2[nH]c(C)cc2c1.C=C(C)C(=O)OCCOC(=O)c1cc2ccccc2[nH]1.C=C(C)C(=O)OCCOC(=O)c1ccc2[nH]ccc2c1. The third-order valence-corrected chi connectivity index (χ3v) is 10.5. The molecule has 16 nitrogen and oxygen atoms in total. The van der Waals surface area contributed by atoms with Gasteiger partial charge in [-0.25, -0.2) is 19.2 Å². The second-order valence-corrected chi connectivity index (χ2v) is 16.8. The molecular formula is C57H60N6O10. The lowest BCUT2D eigenvalue weighted by Crippen LogP contribution is -2.25. The van der Waals surface area contributed by atoms with Crippen LogP contribution in [0.15, 0.2) is 164 Å². The minimum atomic E-state index is -0.494. The molecule has 16 heteroatoms. The molecule has 2 amide bonds. The number of para-hydroxylation sites is 2. The summed E-state index contributed by atoms with van der Waals surface area (Å²) in [6.07, 6.45) is 4.62. The van der Waals surface area contributed by atoms with Gasteiger partial charge in [-0.1, -0.05) is 62.7 Å². The van der Waals surface area contributed by atoms with Gasteiger partial charge < -0.3 is 49.5 Å². The first-order valence-electron chi connectivity index (χ1n) is 23.1. The van der Waals surface area contributed by atoms with Gasteiger partial charge in [0.15, 0.2) is 0 Å². The first kappa shape index (κ1) is 54.8. The van der Waals surface area contributed by atoms with Gasteiger partial charge in [-0.3, -0.25) is 9.59 Å². The van der Waals surface area contributed by atoms with Gasteiger partial charge in [-0.2, -0.15) is 0 Å². The Balaban J connectivity index is 0.000000181. The number of amides is 2. The molecule has 0 aliphatic carbocycles. The van der Waals surface area contributed by atoms with E-state index in [4.69, 9.17) is 18.9 Å². The fraction of sp³-hybridized carbons (Fsp3) is 0.193. The number of carbonyl (C=O) groups excluding carboxylic acids is 6. The number of esters is 4. The second kappa shape index (κ2) is 26.7. The number of ether oxygens (including phenoxy) is 4. The van der Waals surface area contributed by atoms with Crippen molar-refractivity contribution in [3.05, 3.63) is 187 Å². The van der Waals surface area contributed by atoms with E-state index in [0.29, 0.717) is 40.1 Å². The van der Waals surface area contributed by atoms with Crippen LogP contribution in [-0.4, -0.2) is 88.6 Å². The number of carbonyl (C=O) groups is 6. The number of benzene rings is 4. The predicted octanol–water partition coefficient (Wildman–Crippen LogP) is 10.3. The first-order chi connectivity index (χ1) is 34.9. The van der Waals surface area contributed by atoms with E-state index in [9.17, 15) is 28.8 Å². The Kier molecular flexibility index (Phi) is 20.0. The molecule has 0 saturated carbocycles. The highest BCUT2D eigenvalue weighted by Gasteiger charge is 2.13. The lowest BCUT2D eigenvalue weighted by Gasteiger charge is -2.06. The van der Waals surface area contributed by atoms with Gasteiger partial charge in [0.25, 0.3) is 5.91 Å². The van der Waals surface area contributed by atoms with E-state index >= 15 is 0 Å². The molecule has 0 spiro atoms. The normalized spacial score (nSPS) is 10.3. The fourth-order valence-corrected chi connectivity index (χ4v) is 6.70. The number of aromatic nitrogens is 4. The Morgan fingerprint density at radius 1 is 0.534 bits per heavy atom. The summed E-state index contributed by atoms with van der Waals surface area (Å²) in [5.74, 6) is -2.13. The minimum absolute atomic E-state index is 0.00716. The summed E-state index contributed by atoms with van der Waals surface area (Å²) in [7, 11) is 0. The van der Waals surface area contributed by atoms with Crippen LogP contribution in [0.3, 0.4) is 0 Å². The summed E-state index contributed by atoms with van der Waals surface area (Å²) in [6, 6.07) is 32.4. The number of nitrogens with one attached hydrogen (secondary N) is 6. The van der Waals surface area contributed by atoms with E-state index in [-0.39, 0.29) is 38.2 Å². The highest BCUT2D eigenvalue weighted by Crippen LogP contribution is 2.21. The fourth-order valence-electron chi connectivity index (χ4n) is 6.70. The van der Waals surface area contributed by atoms with E-state index in [2.05, 4.69) is 63.0 Å². The average Bonchev–Trinajstić information content (AvgIpc) is 4.20. The third kappa shape index (κ3) is 16.7. The summed E-state index contributed by atoms with van der Waals surface area (Å²) in [6.45, 7) is 23.3. The molecule has 4 heterocycles. The summed E-state index contributed by atoms with van der Waals surface area (Å²) in [4.78, 5) is 81.0. The van der Waals surface area contributed by atoms with Crippen molar-refractivity contribution in [3.8, 4) is 0 Å². The Morgan fingerprint density at radius 2 is 1.12 bits per heavy atom. The van der Waals surface area contributed by atoms with Crippen molar-refractivity contribution in [1.29, 1.82) is 0 Å². The van der Waals surface area contributed by atoms with E-state index in [0.717, 1.165) is 56.0 Å². The van der Waals surface area contributed by atoms with Gasteiger partial charge in [-0.15, -0.1) is 0 Å². The maximum Gasteiger partial charge on any atom is 0.354 e. The van der Waals surface area contributed by atoms with Crippen molar-refractivity contribution in [3.63, 3.8) is 0 Å². The van der Waals surface area contributed by atoms with Gasteiger partial charge in [0.05, 0.1) is 5.56 Å². The molecule has 0 aliphatic rings. The number of rotatable bonds is 16. The molecule has 0 saturated heterocycles. The van der Waals surface area contributed by atoms with Gasteiger partial charge in [0, 0.05) is 96.2 Å². The van der Waals surface area contributed by atoms with Crippen LogP contribution in [0.2, 0.25) is 0 Å². The smallest absolute Gasteiger partial charge is 0.354 e. The quantitative estimate of drug-likeness (QED) is 0.0232. The van der Waals surface area contributed by atoms with E-state index < -0.39 is 23.9 Å². The molecule has 73 heavy (non-hydrogen) atoms. The number of hydrogen-bond acceptors (Lipinski definition) is 10. The molecule has 0 radical (unpaired) electrons. The Morgan fingerprint density at radius 3 is 1.78 bits per heavy atom. The lowest BCUT2D eigenvalue weighted by atomic mass is 10.1. The number of fused-ring (bicyclic) bond motifs is 4. The van der Waals surface area contributed by atoms with Gasteiger partial charge in [0.2, 0.25) is 5.91 Å². The van der Waals surface area contributed by atoms with Crippen molar-refractivity contribution in [2.24, 2.45) is 0 Å². The maximum absolute atomic E-state index is 11.8. The lowest BCUT2D eigenvalue weighted by molar-refractivity contribution is -0.140. The van der Waals surface area contributed by atoms with Gasteiger partial charge in [0.1, 0.15) is 32.1 Å². The third-order valence-electron chi connectivity index (χ3n) is 10.5. The summed E-state index contributed by atoms with van der Waals surface area (Å²) in [5.41, 5.74) is 9.67. The molecule has 378 valence electrons. The number of hydrogen-bond donors (Lipinski definition) is 6. The minimum Gasteiger partial charge on any atom is -0.459 e. The standard InChI is InChI=1S/2C15H15NO4.C14H16N2O.C13H14N2O/c1-10(2)14(17)19-7-8-20-15(18)12-3-4-13-11(9-12)5-6-16-13;1-10(2)14(17)19-7-8-20-15(18)13-9-11-5-3-4-6-12(11)16-13;1-10(2)14(17)15-8-7-11-9-16-13-6-4-3-5-12(11)13;1-8(2)13(16)15-11-4-5-12-10(7-11)6-9(3)14-12/h2*3-6,9,16H,1,7-8H2,2H3;3-6,9,16H,1,7-8H2,2H3,(H,15,17);4-7,14H,1H2,2-3H3,(H,15,16).